The molecule has 0 spiro atoms. The van der Waals surface area contributed by atoms with Crippen LogP contribution in [0.4, 0.5) is 0 Å². The predicted molar refractivity (Wildman–Crippen MR) is 69.3 cm³/mol. The molecule has 1 aromatic carbocycles. The van der Waals surface area contributed by atoms with Crippen LogP contribution in [0, 0.1) is 0 Å². The van der Waals surface area contributed by atoms with E-state index in [1.807, 2.05) is 30.3 Å². The second kappa shape index (κ2) is 6.88. The number of rotatable bonds is 7. The minimum absolute atomic E-state index is 0.505. The maximum absolute atomic E-state index is 6.02. The van der Waals surface area contributed by atoms with Crippen LogP contribution < -0.4 is 5.73 Å². The minimum atomic E-state index is -2.61. The highest BCUT2D eigenvalue weighted by Crippen LogP contribution is 2.22. The van der Waals surface area contributed by atoms with Gasteiger partial charge in [0, 0.05) is 20.3 Å². The molecule has 17 heavy (non-hydrogen) atoms. The van der Waals surface area contributed by atoms with Gasteiger partial charge in [-0.25, -0.2) is 0 Å². The molecule has 0 radical (unpaired) electrons. The van der Waals surface area contributed by atoms with E-state index >= 15 is 0 Å². The fourth-order valence-electron chi connectivity index (χ4n) is 1.65. The third-order valence-corrected chi connectivity index (χ3v) is 5.58. The summed E-state index contributed by atoms with van der Waals surface area (Å²) in [5.41, 5.74) is 6.94. The average molecular weight is 255 g/mol. The molecule has 0 heterocycles. The minimum Gasteiger partial charge on any atom is -0.377 e. The van der Waals surface area contributed by atoms with Gasteiger partial charge in [0.25, 0.3) is 0 Å². The van der Waals surface area contributed by atoms with Crippen LogP contribution in [0.1, 0.15) is 25.1 Å². The maximum Gasteiger partial charge on any atom is 0.501 e. The van der Waals surface area contributed by atoms with E-state index in [4.69, 9.17) is 19.0 Å². The normalized spacial score (nSPS) is 13.6. The quantitative estimate of drug-likeness (QED) is 0.600. The van der Waals surface area contributed by atoms with Crippen molar-refractivity contribution >= 4 is 8.80 Å². The zero-order chi connectivity index (χ0) is 12.7. The van der Waals surface area contributed by atoms with E-state index in [0.717, 1.165) is 18.0 Å². The first-order chi connectivity index (χ1) is 8.17. The molecule has 0 saturated carbocycles. The summed E-state index contributed by atoms with van der Waals surface area (Å²) in [4.78, 5) is 0. The number of hydrogen-bond donors (Lipinski definition) is 1. The maximum atomic E-state index is 6.02. The van der Waals surface area contributed by atoms with E-state index in [-0.39, 0.29) is 0 Å². The van der Waals surface area contributed by atoms with Gasteiger partial charge in [-0.3, -0.25) is 0 Å². The van der Waals surface area contributed by atoms with Gasteiger partial charge >= 0.3 is 8.80 Å². The molecule has 0 bridgehead atoms. The molecule has 0 amide bonds. The molecule has 0 aliphatic carbocycles. The molecule has 2 N–H and O–H groups in total. The van der Waals surface area contributed by atoms with Crippen molar-refractivity contribution < 1.29 is 13.3 Å². The molecule has 5 heteroatoms. The summed E-state index contributed by atoms with van der Waals surface area (Å²) >= 11 is 0. The molecule has 0 fully saturated rings. The number of nitrogens with two attached hydrogens (primary N) is 1. The Morgan fingerprint density at radius 2 is 1.76 bits per heavy atom. The van der Waals surface area contributed by atoms with Crippen molar-refractivity contribution in [2.24, 2.45) is 5.73 Å². The third kappa shape index (κ3) is 3.90. The van der Waals surface area contributed by atoms with Gasteiger partial charge in [0.15, 0.2) is 0 Å². The lowest BCUT2D eigenvalue weighted by Crippen LogP contribution is -2.46. The largest absolute Gasteiger partial charge is 0.501 e. The van der Waals surface area contributed by atoms with Gasteiger partial charge in [0.2, 0.25) is 0 Å². The molecule has 1 rings (SSSR count). The summed E-state index contributed by atoms with van der Waals surface area (Å²) in [5.74, 6) is 0. The molecule has 0 aliphatic rings. The van der Waals surface area contributed by atoms with Crippen LogP contribution in [0.2, 0.25) is 6.04 Å². The van der Waals surface area contributed by atoms with Gasteiger partial charge in [-0.05, 0) is 5.56 Å². The molecular formula is C12H21NO3Si. The van der Waals surface area contributed by atoms with Crippen LogP contribution in [-0.2, 0) is 13.3 Å². The number of benzene rings is 1. The summed E-state index contributed by atoms with van der Waals surface area (Å²) in [6, 6.07) is 10.4. The van der Waals surface area contributed by atoms with E-state index < -0.39 is 15.0 Å². The summed E-state index contributed by atoms with van der Waals surface area (Å²) in [7, 11) is 0.614. The summed E-state index contributed by atoms with van der Waals surface area (Å²) < 4.78 is 16.7. The smallest absolute Gasteiger partial charge is 0.377 e. The number of hydrogen-bond acceptors (Lipinski definition) is 4. The van der Waals surface area contributed by atoms with E-state index in [9.17, 15) is 0 Å². The highest BCUT2D eigenvalue weighted by atomic mass is 28.4. The zero-order valence-corrected chi connectivity index (χ0v) is 11.7. The Morgan fingerprint density at radius 1 is 1.18 bits per heavy atom. The molecule has 1 atom stereocenters. The van der Waals surface area contributed by atoms with Crippen LogP contribution in [0.3, 0.4) is 0 Å². The van der Waals surface area contributed by atoms with Gasteiger partial charge < -0.3 is 19.0 Å². The summed E-state index contributed by atoms with van der Waals surface area (Å²) in [5, 5.41) is 0. The Hall–Kier alpha value is -0.723. The van der Waals surface area contributed by atoms with Gasteiger partial charge in [-0.1, -0.05) is 43.7 Å². The highest BCUT2D eigenvalue weighted by Gasteiger charge is 2.40. The van der Waals surface area contributed by atoms with Gasteiger partial charge in [0.05, 0.1) is 0 Å². The molecule has 96 valence electrons. The van der Waals surface area contributed by atoms with E-state index in [2.05, 4.69) is 6.92 Å². The van der Waals surface area contributed by atoms with Crippen LogP contribution in [0.15, 0.2) is 30.3 Å². The van der Waals surface area contributed by atoms with E-state index in [0.29, 0.717) is 0 Å². The van der Waals surface area contributed by atoms with Crippen molar-refractivity contribution in [2.75, 3.05) is 14.2 Å². The fraction of sp³-hybridized carbons (Fsp3) is 0.500. The fourth-order valence-corrected chi connectivity index (χ4v) is 3.67. The van der Waals surface area contributed by atoms with Crippen molar-refractivity contribution in [1.29, 1.82) is 0 Å². The van der Waals surface area contributed by atoms with Gasteiger partial charge in [-0.2, -0.15) is 0 Å². The average Bonchev–Trinajstić information content (AvgIpc) is 2.39. The Kier molecular flexibility index (Phi) is 5.80. The predicted octanol–water partition coefficient (Wildman–Crippen LogP) is 2.30. The molecule has 0 saturated heterocycles. The lowest BCUT2D eigenvalue weighted by Gasteiger charge is -2.29. The second-order valence-corrected chi connectivity index (χ2v) is 6.71. The first-order valence-corrected chi connectivity index (χ1v) is 7.69. The third-order valence-electron chi connectivity index (χ3n) is 2.61. The van der Waals surface area contributed by atoms with Crippen molar-refractivity contribution in [3.8, 4) is 0 Å². The van der Waals surface area contributed by atoms with E-state index in [1.54, 1.807) is 14.2 Å². The lowest BCUT2D eigenvalue weighted by molar-refractivity contribution is 0.0570. The zero-order valence-electron chi connectivity index (χ0n) is 10.7. The highest BCUT2D eigenvalue weighted by molar-refractivity contribution is 6.60. The van der Waals surface area contributed by atoms with Crippen LogP contribution in [0.5, 0.6) is 0 Å². The molecule has 0 aromatic heterocycles. The Morgan fingerprint density at radius 3 is 2.24 bits per heavy atom. The van der Waals surface area contributed by atoms with Crippen molar-refractivity contribution in [3.05, 3.63) is 35.9 Å². The van der Waals surface area contributed by atoms with Gasteiger partial charge in [0.1, 0.15) is 6.23 Å². The van der Waals surface area contributed by atoms with Crippen LogP contribution in [-0.4, -0.2) is 23.0 Å². The summed E-state index contributed by atoms with van der Waals surface area (Å²) in [6.45, 7) is 2.07. The Bertz CT molecular complexity index is 317. The van der Waals surface area contributed by atoms with Crippen LogP contribution >= 0.6 is 0 Å². The van der Waals surface area contributed by atoms with Crippen molar-refractivity contribution in [1.82, 2.24) is 0 Å². The molecule has 0 aliphatic heterocycles. The molecule has 1 unspecified atom stereocenters. The van der Waals surface area contributed by atoms with Crippen LogP contribution in [0.25, 0.3) is 0 Å². The monoisotopic (exact) mass is 255 g/mol. The molecule has 4 nitrogen and oxygen atoms in total. The Balaban J connectivity index is 2.73. The SMILES string of the molecule is CCC[Si](OC)(OC)OC(N)c1ccccc1. The Labute approximate surface area is 104 Å². The van der Waals surface area contributed by atoms with Gasteiger partial charge in [-0.15, -0.1) is 0 Å². The second-order valence-electron chi connectivity index (χ2n) is 3.79. The lowest BCUT2D eigenvalue weighted by atomic mass is 10.2. The molecule has 1 aromatic rings. The van der Waals surface area contributed by atoms with Crippen molar-refractivity contribution in [3.63, 3.8) is 0 Å². The van der Waals surface area contributed by atoms with E-state index in [1.165, 1.54) is 0 Å². The first-order valence-electron chi connectivity index (χ1n) is 5.76. The first kappa shape index (κ1) is 14.3. The van der Waals surface area contributed by atoms with Crippen molar-refractivity contribution in [2.45, 2.75) is 25.6 Å². The standard InChI is InChI=1S/C12H21NO3Si/c1-4-10-17(14-2,15-3)16-12(13)11-8-6-5-7-9-11/h5-9,12H,4,10,13H2,1-3H3. The topological polar surface area (TPSA) is 53.7 Å². The summed E-state index contributed by atoms with van der Waals surface area (Å²) in [6.07, 6.45) is 0.435. The molecular weight excluding hydrogens is 234 g/mol.